The zero-order valence-corrected chi connectivity index (χ0v) is 18.0. The lowest BCUT2D eigenvalue weighted by Crippen LogP contribution is -2.10. The van der Waals surface area contributed by atoms with Crippen LogP contribution in [-0.2, 0) is 0 Å². The van der Waals surface area contributed by atoms with Gasteiger partial charge >= 0.3 is 0 Å². The molecule has 0 saturated carbocycles. The molecule has 7 heteroatoms. The van der Waals surface area contributed by atoms with Crippen molar-refractivity contribution in [3.8, 4) is 11.5 Å². The molecule has 5 aromatic rings. The molecule has 5 rings (SSSR count). The molecule has 0 bridgehead atoms. The zero-order chi connectivity index (χ0) is 20.8. The third-order valence-electron chi connectivity index (χ3n) is 4.71. The van der Waals surface area contributed by atoms with Crippen molar-refractivity contribution < 1.29 is 9.21 Å². The van der Waals surface area contributed by atoms with Crippen LogP contribution in [0, 0.1) is 6.92 Å². The van der Waals surface area contributed by atoms with Crippen LogP contribution >= 0.6 is 34.5 Å². The fourth-order valence-corrected chi connectivity index (χ4v) is 4.97. The SMILES string of the molecule is Cc1cccc(-c2nc3cc(NC(=O)c4sc5cc(Cl)ccc5c4Cl)ccc3o2)c1. The second-order valence-corrected chi connectivity index (χ2v) is 8.78. The largest absolute Gasteiger partial charge is 0.436 e. The van der Waals surface area contributed by atoms with Crippen molar-refractivity contribution >= 4 is 67.3 Å². The quantitative estimate of drug-likeness (QED) is 0.306. The minimum absolute atomic E-state index is 0.279. The number of amides is 1. The van der Waals surface area contributed by atoms with Gasteiger partial charge in [-0.15, -0.1) is 11.3 Å². The molecular weight excluding hydrogens is 439 g/mol. The Kier molecular flexibility index (Phi) is 4.74. The van der Waals surface area contributed by atoms with E-state index in [9.17, 15) is 4.79 Å². The molecule has 0 aliphatic heterocycles. The van der Waals surface area contributed by atoms with Crippen LogP contribution < -0.4 is 5.32 Å². The molecule has 148 valence electrons. The topological polar surface area (TPSA) is 55.1 Å². The third-order valence-corrected chi connectivity index (χ3v) is 6.60. The van der Waals surface area contributed by atoms with Gasteiger partial charge in [0.2, 0.25) is 5.89 Å². The molecule has 30 heavy (non-hydrogen) atoms. The molecule has 0 radical (unpaired) electrons. The summed E-state index contributed by atoms with van der Waals surface area (Å²) in [6.07, 6.45) is 0. The summed E-state index contributed by atoms with van der Waals surface area (Å²) in [5, 5.41) is 4.74. The van der Waals surface area contributed by atoms with Gasteiger partial charge in [-0.3, -0.25) is 4.79 Å². The Morgan fingerprint density at radius 3 is 2.77 bits per heavy atom. The predicted molar refractivity (Wildman–Crippen MR) is 124 cm³/mol. The van der Waals surface area contributed by atoms with E-state index < -0.39 is 0 Å². The fourth-order valence-electron chi connectivity index (χ4n) is 3.28. The summed E-state index contributed by atoms with van der Waals surface area (Å²) >= 11 is 13.8. The highest BCUT2D eigenvalue weighted by molar-refractivity contribution is 7.21. The molecule has 0 aliphatic carbocycles. The molecule has 3 aromatic carbocycles. The molecule has 0 unspecified atom stereocenters. The number of rotatable bonds is 3. The molecular formula is C23H14Cl2N2O2S. The standard InChI is InChI=1S/C23H14Cl2N2O2S/c1-12-3-2-4-13(9-12)23-27-17-11-15(6-8-18(17)29-23)26-22(28)21-20(25)16-7-5-14(24)10-19(16)30-21/h2-11H,1H3,(H,26,28). The van der Waals surface area contributed by atoms with Crippen LogP contribution in [0.5, 0.6) is 0 Å². The van der Waals surface area contributed by atoms with Gasteiger partial charge in [-0.05, 0) is 49.4 Å². The van der Waals surface area contributed by atoms with Crippen molar-refractivity contribution in [1.82, 2.24) is 4.98 Å². The number of aromatic nitrogens is 1. The summed E-state index contributed by atoms with van der Waals surface area (Å²) in [5.41, 5.74) is 3.97. The molecule has 0 spiro atoms. The van der Waals surface area contributed by atoms with Crippen molar-refractivity contribution in [1.29, 1.82) is 0 Å². The summed E-state index contributed by atoms with van der Waals surface area (Å²) < 4.78 is 6.74. The molecule has 0 atom stereocenters. The highest BCUT2D eigenvalue weighted by Crippen LogP contribution is 2.37. The Morgan fingerprint density at radius 2 is 1.93 bits per heavy atom. The van der Waals surface area contributed by atoms with Gasteiger partial charge in [0.05, 0.1) is 5.02 Å². The van der Waals surface area contributed by atoms with Crippen molar-refractivity contribution in [2.24, 2.45) is 0 Å². The van der Waals surface area contributed by atoms with E-state index in [4.69, 9.17) is 27.6 Å². The monoisotopic (exact) mass is 452 g/mol. The number of thiophene rings is 1. The first-order valence-corrected chi connectivity index (χ1v) is 10.7. The van der Waals surface area contributed by atoms with Crippen LogP contribution in [0.15, 0.2) is 65.1 Å². The van der Waals surface area contributed by atoms with Crippen LogP contribution in [-0.4, -0.2) is 10.9 Å². The summed E-state index contributed by atoms with van der Waals surface area (Å²) in [6.45, 7) is 2.02. The zero-order valence-electron chi connectivity index (χ0n) is 15.7. The lowest BCUT2D eigenvalue weighted by Gasteiger charge is -2.03. The molecule has 1 amide bonds. The van der Waals surface area contributed by atoms with Gasteiger partial charge in [0, 0.05) is 26.4 Å². The predicted octanol–water partition coefficient (Wildman–Crippen LogP) is 7.58. The molecule has 2 aromatic heterocycles. The van der Waals surface area contributed by atoms with Crippen molar-refractivity contribution in [3.63, 3.8) is 0 Å². The van der Waals surface area contributed by atoms with Gasteiger partial charge in [0.1, 0.15) is 10.4 Å². The normalized spacial score (nSPS) is 11.3. The number of hydrogen-bond donors (Lipinski definition) is 1. The van der Waals surface area contributed by atoms with Crippen molar-refractivity contribution in [2.45, 2.75) is 6.92 Å². The summed E-state index contributed by atoms with van der Waals surface area (Å²) in [7, 11) is 0. The average molecular weight is 453 g/mol. The number of aryl methyl sites for hydroxylation is 1. The number of oxazole rings is 1. The van der Waals surface area contributed by atoms with E-state index in [1.54, 1.807) is 30.3 Å². The number of nitrogens with zero attached hydrogens (tertiary/aromatic N) is 1. The van der Waals surface area contributed by atoms with Gasteiger partial charge in [0.25, 0.3) is 5.91 Å². The Morgan fingerprint density at radius 1 is 1.07 bits per heavy atom. The molecule has 4 nitrogen and oxygen atoms in total. The van der Waals surface area contributed by atoms with Gasteiger partial charge in [-0.2, -0.15) is 0 Å². The van der Waals surface area contributed by atoms with E-state index in [2.05, 4.69) is 10.3 Å². The minimum atomic E-state index is -0.279. The van der Waals surface area contributed by atoms with E-state index in [1.165, 1.54) is 11.3 Å². The number of carbonyl (C=O) groups excluding carboxylic acids is 1. The van der Waals surface area contributed by atoms with Crippen LogP contribution in [0.25, 0.3) is 32.6 Å². The number of benzene rings is 3. The highest BCUT2D eigenvalue weighted by Gasteiger charge is 2.18. The fraction of sp³-hybridized carbons (Fsp3) is 0.0435. The van der Waals surface area contributed by atoms with E-state index in [0.29, 0.717) is 37.6 Å². The van der Waals surface area contributed by atoms with Gasteiger partial charge < -0.3 is 9.73 Å². The summed E-state index contributed by atoms with van der Waals surface area (Å²) in [5.74, 6) is 0.265. The minimum Gasteiger partial charge on any atom is -0.436 e. The van der Waals surface area contributed by atoms with Crippen LogP contribution in [0.3, 0.4) is 0 Å². The Hall–Kier alpha value is -2.86. The number of anilines is 1. The maximum atomic E-state index is 12.8. The molecule has 0 aliphatic rings. The van der Waals surface area contributed by atoms with Crippen molar-refractivity contribution in [2.75, 3.05) is 5.32 Å². The lowest BCUT2D eigenvalue weighted by atomic mass is 10.1. The number of nitrogens with one attached hydrogen (secondary N) is 1. The highest BCUT2D eigenvalue weighted by atomic mass is 35.5. The van der Waals surface area contributed by atoms with Gasteiger partial charge in [-0.25, -0.2) is 4.98 Å². The number of hydrogen-bond acceptors (Lipinski definition) is 4. The summed E-state index contributed by atoms with van der Waals surface area (Å²) in [4.78, 5) is 17.8. The summed E-state index contributed by atoms with van der Waals surface area (Å²) in [6, 6.07) is 18.7. The Bertz CT molecular complexity index is 1440. The first-order valence-electron chi connectivity index (χ1n) is 9.14. The molecule has 0 saturated heterocycles. The number of carbonyl (C=O) groups is 1. The molecule has 0 fully saturated rings. The maximum Gasteiger partial charge on any atom is 0.267 e. The van der Waals surface area contributed by atoms with Crippen molar-refractivity contribution in [3.05, 3.63) is 81.1 Å². The second-order valence-electron chi connectivity index (χ2n) is 6.91. The first kappa shape index (κ1) is 19.1. The maximum absolute atomic E-state index is 12.8. The second kappa shape index (κ2) is 7.43. The van der Waals surface area contributed by atoms with Gasteiger partial charge in [-0.1, -0.05) is 47.0 Å². The Balaban J connectivity index is 1.45. The van der Waals surface area contributed by atoms with E-state index in [0.717, 1.165) is 21.2 Å². The van der Waals surface area contributed by atoms with E-state index in [1.807, 2.05) is 37.3 Å². The van der Waals surface area contributed by atoms with E-state index in [-0.39, 0.29) is 5.91 Å². The lowest BCUT2D eigenvalue weighted by molar-refractivity contribution is 0.103. The molecule has 1 N–H and O–H groups in total. The molecule has 2 heterocycles. The first-order chi connectivity index (χ1) is 14.5. The van der Waals surface area contributed by atoms with Crippen LogP contribution in [0.4, 0.5) is 5.69 Å². The van der Waals surface area contributed by atoms with E-state index >= 15 is 0 Å². The van der Waals surface area contributed by atoms with Crippen LogP contribution in [0.1, 0.15) is 15.2 Å². The Labute approximate surface area is 186 Å². The third kappa shape index (κ3) is 3.45. The van der Waals surface area contributed by atoms with Gasteiger partial charge in [0.15, 0.2) is 5.58 Å². The number of fused-ring (bicyclic) bond motifs is 2. The average Bonchev–Trinajstić information content (AvgIpc) is 3.28. The van der Waals surface area contributed by atoms with Crippen LogP contribution in [0.2, 0.25) is 10.0 Å². The number of halogens is 2. The smallest absolute Gasteiger partial charge is 0.267 e.